The van der Waals surface area contributed by atoms with E-state index in [-0.39, 0.29) is 11.7 Å². The summed E-state index contributed by atoms with van der Waals surface area (Å²) in [5.74, 6) is -0.00449. The van der Waals surface area contributed by atoms with Crippen molar-refractivity contribution in [2.45, 2.75) is 13.5 Å². The lowest BCUT2D eigenvalue weighted by atomic mass is 10.1. The molecule has 2 aromatic carbocycles. The Morgan fingerprint density at radius 1 is 1.29 bits per heavy atom. The minimum atomic E-state index is -0.296. The van der Waals surface area contributed by atoms with E-state index in [0.29, 0.717) is 17.9 Å². The van der Waals surface area contributed by atoms with Gasteiger partial charge < -0.3 is 10.1 Å². The smallest absolute Gasteiger partial charge is 0.255 e. The minimum absolute atomic E-state index is 0.221. The van der Waals surface area contributed by atoms with Crippen LogP contribution in [0.3, 0.4) is 0 Å². The van der Waals surface area contributed by atoms with E-state index in [1.54, 1.807) is 18.2 Å². The van der Waals surface area contributed by atoms with Crippen LogP contribution in [0, 0.1) is 12.7 Å². The average Bonchev–Trinajstić information content (AvgIpc) is 2.45. The maximum Gasteiger partial charge on any atom is 0.255 e. The highest BCUT2D eigenvalue weighted by molar-refractivity contribution is 9.10. The zero-order valence-electron chi connectivity index (χ0n) is 11.7. The van der Waals surface area contributed by atoms with Gasteiger partial charge in [0.2, 0.25) is 0 Å². The Kier molecular flexibility index (Phi) is 4.96. The lowest BCUT2D eigenvalue weighted by Crippen LogP contribution is -2.24. The maximum absolute atomic E-state index is 12.8. The number of benzene rings is 2. The molecule has 3 nitrogen and oxygen atoms in total. The van der Waals surface area contributed by atoms with Crippen molar-refractivity contribution in [2.75, 3.05) is 7.11 Å². The SMILES string of the molecule is COc1cc(Br)cc(C)c1C(=O)NCc1ccc(F)cc1. The second-order valence-electron chi connectivity index (χ2n) is 4.61. The normalized spacial score (nSPS) is 10.3. The Labute approximate surface area is 131 Å². The van der Waals surface area contributed by atoms with Crippen molar-refractivity contribution in [1.29, 1.82) is 0 Å². The van der Waals surface area contributed by atoms with E-state index in [2.05, 4.69) is 21.2 Å². The molecular formula is C16H15BrFNO2. The highest BCUT2D eigenvalue weighted by Gasteiger charge is 2.16. The van der Waals surface area contributed by atoms with Crippen molar-refractivity contribution < 1.29 is 13.9 Å². The van der Waals surface area contributed by atoms with Crippen molar-refractivity contribution in [3.8, 4) is 5.75 Å². The predicted molar refractivity (Wildman–Crippen MR) is 83.0 cm³/mol. The second-order valence-corrected chi connectivity index (χ2v) is 5.52. The van der Waals surface area contributed by atoms with E-state index in [0.717, 1.165) is 15.6 Å². The fourth-order valence-corrected chi connectivity index (χ4v) is 2.59. The molecule has 0 aliphatic rings. The Morgan fingerprint density at radius 3 is 2.57 bits per heavy atom. The topological polar surface area (TPSA) is 38.3 Å². The number of hydrogen-bond donors (Lipinski definition) is 1. The molecule has 110 valence electrons. The molecule has 0 fully saturated rings. The highest BCUT2D eigenvalue weighted by atomic mass is 79.9. The highest BCUT2D eigenvalue weighted by Crippen LogP contribution is 2.27. The zero-order chi connectivity index (χ0) is 15.4. The van der Waals surface area contributed by atoms with E-state index >= 15 is 0 Å². The third kappa shape index (κ3) is 3.82. The van der Waals surface area contributed by atoms with Crippen LogP contribution in [0.4, 0.5) is 4.39 Å². The molecule has 5 heteroatoms. The molecule has 2 aromatic rings. The monoisotopic (exact) mass is 351 g/mol. The third-order valence-corrected chi connectivity index (χ3v) is 3.54. The van der Waals surface area contributed by atoms with Gasteiger partial charge in [-0.25, -0.2) is 4.39 Å². The van der Waals surface area contributed by atoms with Crippen molar-refractivity contribution in [3.05, 3.63) is 63.4 Å². The van der Waals surface area contributed by atoms with Gasteiger partial charge in [-0.15, -0.1) is 0 Å². The molecule has 0 spiro atoms. The summed E-state index contributed by atoms with van der Waals surface area (Å²) >= 11 is 3.37. The lowest BCUT2D eigenvalue weighted by molar-refractivity contribution is 0.0947. The van der Waals surface area contributed by atoms with Gasteiger partial charge in [0.05, 0.1) is 12.7 Å². The van der Waals surface area contributed by atoms with E-state index in [1.807, 2.05) is 13.0 Å². The summed E-state index contributed by atoms with van der Waals surface area (Å²) in [5, 5.41) is 2.81. The molecule has 0 aliphatic heterocycles. The number of nitrogens with one attached hydrogen (secondary N) is 1. The molecule has 1 N–H and O–H groups in total. The molecule has 0 saturated heterocycles. The first-order valence-corrected chi connectivity index (χ1v) is 7.17. The molecule has 0 atom stereocenters. The Hall–Kier alpha value is -1.88. The van der Waals surface area contributed by atoms with Crippen LogP contribution in [-0.4, -0.2) is 13.0 Å². The van der Waals surface area contributed by atoms with Gasteiger partial charge in [-0.2, -0.15) is 0 Å². The molecule has 0 unspecified atom stereocenters. The van der Waals surface area contributed by atoms with Gasteiger partial charge in [0.25, 0.3) is 5.91 Å². The van der Waals surface area contributed by atoms with Gasteiger partial charge in [-0.3, -0.25) is 4.79 Å². The molecule has 0 heterocycles. The number of ether oxygens (including phenoxy) is 1. The predicted octanol–water partition coefficient (Wildman–Crippen LogP) is 3.84. The van der Waals surface area contributed by atoms with Gasteiger partial charge in [0, 0.05) is 11.0 Å². The zero-order valence-corrected chi connectivity index (χ0v) is 13.3. The summed E-state index contributed by atoms with van der Waals surface area (Å²) in [6.45, 7) is 2.18. The quantitative estimate of drug-likeness (QED) is 0.908. The number of methoxy groups -OCH3 is 1. The van der Waals surface area contributed by atoms with Gasteiger partial charge in [0.15, 0.2) is 0 Å². The van der Waals surface area contributed by atoms with Crippen molar-refractivity contribution >= 4 is 21.8 Å². The largest absolute Gasteiger partial charge is 0.496 e. The van der Waals surface area contributed by atoms with Crippen LogP contribution in [-0.2, 0) is 6.54 Å². The van der Waals surface area contributed by atoms with Crippen LogP contribution in [0.25, 0.3) is 0 Å². The summed E-state index contributed by atoms with van der Waals surface area (Å²) in [5.41, 5.74) is 2.15. The molecular weight excluding hydrogens is 337 g/mol. The number of amides is 1. The molecule has 21 heavy (non-hydrogen) atoms. The van der Waals surface area contributed by atoms with Gasteiger partial charge >= 0.3 is 0 Å². The Morgan fingerprint density at radius 2 is 1.95 bits per heavy atom. The van der Waals surface area contributed by atoms with E-state index in [9.17, 15) is 9.18 Å². The molecule has 2 rings (SSSR count). The van der Waals surface area contributed by atoms with E-state index in [1.165, 1.54) is 19.2 Å². The van der Waals surface area contributed by atoms with Crippen molar-refractivity contribution in [1.82, 2.24) is 5.32 Å². The summed E-state index contributed by atoms with van der Waals surface area (Å²) in [4.78, 5) is 12.3. The second kappa shape index (κ2) is 6.72. The first-order chi connectivity index (χ1) is 10.0. The first-order valence-electron chi connectivity index (χ1n) is 6.38. The van der Waals surface area contributed by atoms with Gasteiger partial charge in [-0.05, 0) is 42.3 Å². The number of carbonyl (C=O) groups excluding carboxylic acids is 1. The third-order valence-electron chi connectivity index (χ3n) is 3.08. The number of carbonyl (C=O) groups is 1. The molecule has 0 saturated carbocycles. The number of rotatable bonds is 4. The molecule has 1 amide bonds. The Balaban J connectivity index is 2.15. The minimum Gasteiger partial charge on any atom is -0.496 e. The van der Waals surface area contributed by atoms with Crippen LogP contribution < -0.4 is 10.1 Å². The summed E-state index contributed by atoms with van der Waals surface area (Å²) in [7, 11) is 1.53. The van der Waals surface area contributed by atoms with Crippen LogP contribution in [0.2, 0.25) is 0 Å². The van der Waals surface area contributed by atoms with E-state index < -0.39 is 0 Å². The van der Waals surface area contributed by atoms with Crippen LogP contribution in [0.15, 0.2) is 40.9 Å². The summed E-state index contributed by atoms with van der Waals surface area (Å²) < 4.78 is 18.9. The maximum atomic E-state index is 12.8. The molecule has 0 bridgehead atoms. The summed E-state index contributed by atoms with van der Waals surface area (Å²) in [6, 6.07) is 9.62. The first kappa shape index (κ1) is 15.5. The molecule has 0 radical (unpaired) electrons. The summed E-state index contributed by atoms with van der Waals surface area (Å²) in [6.07, 6.45) is 0. The number of hydrogen-bond acceptors (Lipinski definition) is 2. The van der Waals surface area contributed by atoms with Crippen LogP contribution in [0.1, 0.15) is 21.5 Å². The Bertz CT molecular complexity index is 656. The lowest BCUT2D eigenvalue weighted by Gasteiger charge is -2.12. The molecule has 0 aromatic heterocycles. The van der Waals surface area contributed by atoms with Gasteiger partial charge in [-0.1, -0.05) is 28.1 Å². The fourth-order valence-electron chi connectivity index (χ4n) is 2.04. The number of aryl methyl sites for hydroxylation is 1. The van der Waals surface area contributed by atoms with Crippen molar-refractivity contribution in [2.24, 2.45) is 0 Å². The van der Waals surface area contributed by atoms with Crippen LogP contribution >= 0.6 is 15.9 Å². The standard InChI is InChI=1S/C16H15BrFNO2/c1-10-7-12(17)8-14(21-2)15(10)16(20)19-9-11-3-5-13(18)6-4-11/h3-8H,9H2,1-2H3,(H,19,20). The van der Waals surface area contributed by atoms with Crippen LogP contribution in [0.5, 0.6) is 5.75 Å². The molecule has 0 aliphatic carbocycles. The average molecular weight is 352 g/mol. The van der Waals surface area contributed by atoms with E-state index in [4.69, 9.17) is 4.74 Å². The van der Waals surface area contributed by atoms with Crippen molar-refractivity contribution in [3.63, 3.8) is 0 Å². The van der Waals surface area contributed by atoms with Gasteiger partial charge in [0.1, 0.15) is 11.6 Å². The number of halogens is 2. The fraction of sp³-hybridized carbons (Fsp3) is 0.188.